The Balaban J connectivity index is 1.82. The fraction of sp³-hybridized carbons (Fsp3) is 0.538. The van der Waals surface area contributed by atoms with E-state index in [1.165, 1.54) is 12.8 Å². The van der Waals surface area contributed by atoms with Crippen molar-refractivity contribution in [1.29, 1.82) is 0 Å². The first-order valence-electron chi connectivity index (χ1n) is 5.83. The highest BCUT2D eigenvalue weighted by Gasteiger charge is 2.27. The Morgan fingerprint density at radius 3 is 2.56 bits per heavy atom. The zero-order chi connectivity index (χ0) is 11.5. The summed E-state index contributed by atoms with van der Waals surface area (Å²) in [5, 5.41) is 14.0. The minimum absolute atomic E-state index is 0.446. The van der Waals surface area contributed by atoms with Crippen molar-refractivity contribution in [2.24, 2.45) is 5.92 Å². The number of rotatable bonds is 5. The van der Waals surface area contributed by atoms with Crippen LogP contribution in [-0.2, 0) is 0 Å². The molecule has 88 valence electrons. The molecule has 0 bridgehead atoms. The highest BCUT2D eigenvalue weighted by Crippen LogP contribution is 2.32. The molecule has 0 spiro atoms. The van der Waals surface area contributed by atoms with E-state index in [1.807, 2.05) is 24.3 Å². The lowest BCUT2D eigenvalue weighted by Gasteiger charge is -2.16. The lowest BCUT2D eigenvalue weighted by molar-refractivity contribution is 0.169. The Kier molecular flexibility index (Phi) is 3.85. The van der Waals surface area contributed by atoms with Crippen LogP contribution < -0.4 is 5.32 Å². The number of hydrogen-bond acceptors (Lipinski definition) is 2. The molecule has 16 heavy (non-hydrogen) atoms. The van der Waals surface area contributed by atoms with Crippen LogP contribution in [0.25, 0.3) is 0 Å². The van der Waals surface area contributed by atoms with Gasteiger partial charge in [-0.1, -0.05) is 23.7 Å². The van der Waals surface area contributed by atoms with Gasteiger partial charge < -0.3 is 10.4 Å². The average molecular weight is 240 g/mol. The lowest BCUT2D eigenvalue weighted by Crippen LogP contribution is -2.31. The summed E-state index contributed by atoms with van der Waals surface area (Å²) in [5.41, 5.74) is 0.917. The van der Waals surface area contributed by atoms with E-state index in [0.29, 0.717) is 17.6 Å². The van der Waals surface area contributed by atoms with Crippen molar-refractivity contribution in [3.63, 3.8) is 0 Å². The predicted molar refractivity (Wildman–Crippen MR) is 66.6 cm³/mol. The standard InChI is InChI=1S/C13H18ClNO/c1-9(10-2-3-10)15-8-13(16)11-4-6-12(14)7-5-11/h4-7,9-10,13,15-16H,2-3,8H2,1H3. The maximum Gasteiger partial charge on any atom is 0.0914 e. The van der Waals surface area contributed by atoms with Gasteiger partial charge in [0.2, 0.25) is 0 Å². The summed E-state index contributed by atoms with van der Waals surface area (Å²) in [6.07, 6.45) is 2.20. The third kappa shape index (κ3) is 3.21. The molecule has 2 unspecified atom stereocenters. The third-order valence-electron chi connectivity index (χ3n) is 3.22. The number of nitrogens with one attached hydrogen (secondary N) is 1. The van der Waals surface area contributed by atoms with Gasteiger partial charge in [0, 0.05) is 17.6 Å². The molecule has 0 amide bonds. The molecule has 0 aliphatic heterocycles. The number of aliphatic hydroxyl groups is 1. The van der Waals surface area contributed by atoms with Crippen molar-refractivity contribution in [3.8, 4) is 0 Å². The summed E-state index contributed by atoms with van der Waals surface area (Å²) in [7, 11) is 0. The summed E-state index contributed by atoms with van der Waals surface area (Å²) in [6.45, 7) is 2.80. The Bertz CT molecular complexity index is 334. The highest BCUT2D eigenvalue weighted by atomic mass is 35.5. The van der Waals surface area contributed by atoms with Crippen LogP contribution in [0.4, 0.5) is 0 Å². The lowest BCUT2D eigenvalue weighted by atomic mass is 10.1. The van der Waals surface area contributed by atoms with Gasteiger partial charge in [-0.15, -0.1) is 0 Å². The molecule has 0 radical (unpaired) electrons. The van der Waals surface area contributed by atoms with Gasteiger partial charge in [-0.2, -0.15) is 0 Å². The van der Waals surface area contributed by atoms with Crippen LogP contribution in [0.2, 0.25) is 5.02 Å². The molecule has 1 fully saturated rings. The van der Waals surface area contributed by atoms with E-state index < -0.39 is 6.10 Å². The fourth-order valence-corrected chi connectivity index (χ4v) is 1.99. The van der Waals surface area contributed by atoms with Crippen molar-refractivity contribution in [3.05, 3.63) is 34.9 Å². The second-order valence-corrected chi connectivity index (χ2v) is 5.04. The maximum atomic E-state index is 9.96. The van der Waals surface area contributed by atoms with Gasteiger partial charge in [-0.25, -0.2) is 0 Å². The summed E-state index contributed by atoms with van der Waals surface area (Å²) in [5.74, 6) is 0.817. The zero-order valence-electron chi connectivity index (χ0n) is 9.49. The molecule has 2 rings (SSSR count). The molecular formula is C13H18ClNO. The number of benzene rings is 1. The fourth-order valence-electron chi connectivity index (χ4n) is 1.86. The van der Waals surface area contributed by atoms with E-state index in [2.05, 4.69) is 12.2 Å². The van der Waals surface area contributed by atoms with Crippen LogP contribution in [0.3, 0.4) is 0 Å². The van der Waals surface area contributed by atoms with Crippen molar-refractivity contribution in [2.75, 3.05) is 6.54 Å². The van der Waals surface area contributed by atoms with Gasteiger partial charge in [0.1, 0.15) is 0 Å². The van der Waals surface area contributed by atoms with Gasteiger partial charge in [0.05, 0.1) is 6.10 Å². The first kappa shape index (κ1) is 11.9. The Hall–Kier alpha value is -0.570. The highest BCUT2D eigenvalue weighted by molar-refractivity contribution is 6.30. The van der Waals surface area contributed by atoms with E-state index >= 15 is 0 Å². The van der Waals surface area contributed by atoms with Crippen molar-refractivity contribution in [1.82, 2.24) is 5.32 Å². The minimum Gasteiger partial charge on any atom is -0.387 e. The summed E-state index contributed by atoms with van der Waals surface area (Å²) < 4.78 is 0. The minimum atomic E-state index is -0.446. The Morgan fingerprint density at radius 1 is 1.38 bits per heavy atom. The van der Waals surface area contributed by atoms with Crippen molar-refractivity contribution in [2.45, 2.75) is 31.9 Å². The number of halogens is 1. The molecule has 1 aromatic rings. The molecule has 1 aliphatic rings. The summed E-state index contributed by atoms with van der Waals surface area (Å²) in [4.78, 5) is 0. The van der Waals surface area contributed by atoms with E-state index in [9.17, 15) is 5.11 Å². The molecule has 0 aromatic heterocycles. The molecule has 0 heterocycles. The summed E-state index contributed by atoms with van der Waals surface area (Å²) >= 11 is 5.80. The molecule has 2 atom stereocenters. The SMILES string of the molecule is CC(NCC(O)c1ccc(Cl)cc1)C1CC1. The molecule has 2 nitrogen and oxygen atoms in total. The number of hydrogen-bond donors (Lipinski definition) is 2. The van der Waals surface area contributed by atoms with Crippen LogP contribution in [0.15, 0.2) is 24.3 Å². The monoisotopic (exact) mass is 239 g/mol. The van der Waals surface area contributed by atoms with E-state index in [1.54, 1.807) is 0 Å². The Morgan fingerprint density at radius 2 is 2.00 bits per heavy atom. The van der Waals surface area contributed by atoms with Crippen LogP contribution in [0.5, 0.6) is 0 Å². The quantitative estimate of drug-likeness (QED) is 0.828. The van der Waals surface area contributed by atoms with Crippen LogP contribution >= 0.6 is 11.6 Å². The van der Waals surface area contributed by atoms with E-state index in [0.717, 1.165) is 11.5 Å². The zero-order valence-corrected chi connectivity index (χ0v) is 10.2. The third-order valence-corrected chi connectivity index (χ3v) is 3.47. The number of aliphatic hydroxyl groups excluding tert-OH is 1. The van der Waals surface area contributed by atoms with Crippen LogP contribution in [0, 0.1) is 5.92 Å². The van der Waals surface area contributed by atoms with E-state index in [4.69, 9.17) is 11.6 Å². The first-order chi connectivity index (χ1) is 7.66. The van der Waals surface area contributed by atoms with Crippen molar-refractivity contribution < 1.29 is 5.11 Å². The van der Waals surface area contributed by atoms with E-state index in [-0.39, 0.29) is 0 Å². The smallest absolute Gasteiger partial charge is 0.0914 e. The van der Waals surface area contributed by atoms with Gasteiger partial charge in [-0.3, -0.25) is 0 Å². The summed E-state index contributed by atoms with van der Waals surface area (Å²) in [6, 6.07) is 7.88. The van der Waals surface area contributed by atoms with Crippen LogP contribution in [0.1, 0.15) is 31.4 Å². The molecule has 1 aromatic carbocycles. The normalized spacial score (nSPS) is 19.4. The van der Waals surface area contributed by atoms with Crippen LogP contribution in [-0.4, -0.2) is 17.7 Å². The molecule has 1 saturated carbocycles. The molecule has 2 N–H and O–H groups in total. The topological polar surface area (TPSA) is 32.3 Å². The van der Waals surface area contributed by atoms with Gasteiger partial charge in [-0.05, 0) is 43.4 Å². The molecule has 0 saturated heterocycles. The van der Waals surface area contributed by atoms with Gasteiger partial charge in [0.15, 0.2) is 0 Å². The second kappa shape index (κ2) is 5.17. The Labute approximate surface area is 102 Å². The predicted octanol–water partition coefficient (Wildman–Crippen LogP) is 2.76. The first-order valence-corrected chi connectivity index (χ1v) is 6.21. The van der Waals surface area contributed by atoms with Gasteiger partial charge >= 0.3 is 0 Å². The van der Waals surface area contributed by atoms with Crippen molar-refractivity contribution >= 4 is 11.6 Å². The molecular weight excluding hydrogens is 222 g/mol. The largest absolute Gasteiger partial charge is 0.387 e. The molecule has 1 aliphatic carbocycles. The maximum absolute atomic E-state index is 9.96. The average Bonchev–Trinajstić information content (AvgIpc) is 3.10. The van der Waals surface area contributed by atoms with Gasteiger partial charge in [0.25, 0.3) is 0 Å². The second-order valence-electron chi connectivity index (χ2n) is 4.60. The molecule has 3 heteroatoms.